The third-order valence-electron chi connectivity index (χ3n) is 5.62. The van der Waals surface area contributed by atoms with Crippen molar-refractivity contribution >= 4 is 11.7 Å². The summed E-state index contributed by atoms with van der Waals surface area (Å²) in [4.78, 5) is 21.6. The van der Waals surface area contributed by atoms with Gasteiger partial charge in [0.15, 0.2) is 0 Å². The molecule has 5 nitrogen and oxygen atoms in total. The zero-order valence-corrected chi connectivity index (χ0v) is 13.6. The van der Waals surface area contributed by atoms with Crippen LogP contribution in [0.2, 0.25) is 0 Å². The largest absolute Gasteiger partial charge is 0.381 e. The fourth-order valence-corrected chi connectivity index (χ4v) is 4.40. The van der Waals surface area contributed by atoms with Crippen LogP contribution >= 0.6 is 0 Å². The highest BCUT2D eigenvalue weighted by atomic mass is 16.5. The molecule has 0 aromatic carbocycles. The number of carbonyl (C=O) groups excluding carboxylic acids is 1. The molecule has 3 saturated heterocycles. The molecular weight excluding hydrogens is 290 g/mol. The summed E-state index contributed by atoms with van der Waals surface area (Å²) in [6, 6.07) is 6.88. The first-order valence-electron chi connectivity index (χ1n) is 8.88. The summed E-state index contributed by atoms with van der Waals surface area (Å²) in [5.74, 6) is 2.01. The molecule has 23 heavy (non-hydrogen) atoms. The van der Waals surface area contributed by atoms with Crippen molar-refractivity contribution in [2.75, 3.05) is 31.2 Å². The average Bonchev–Trinajstić information content (AvgIpc) is 3.03. The van der Waals surface area contributed by atoms with Crippen LogP contribution in [0.1, 0.15) is 32.1 Å². The van der Waals surface area contributed by atoms with E-state index in [1.165, 1.54) is 0 Å². The summed E-state index contributed by atoms with van der Waals surface area (Å²) >= 11 is 0. The SMILES string of the molecule is O=C1CC[C@@H]2[C@@H](CCN2c2ccccn2)N1CC1CCOCC1. The van der Waals surface area contributed by atoms with Gasteiger partial charge < -0.3 is 14.5 Å². The van der Waals surface area contributed by atoms with Crippen molar-refractivity contribution < 1.29 is 9.53 Å². The lowest BCUT2D eigenvalue weighted by Crippen LogP contribution is -2.54. The monoisotopic (exact) mass is 315 g/mol. The minimum atomic E-state index is 0.348. The molecule has 3 aliphatic rings. The van der Waals surface area contributed by atoms with Crippen molar-refractivity contribution in [3.05, 3.63) is 24.4 Å². The molecule has 2 atom stereocenters. The molecule has 4 rings (SSSR count). The number of likely N-dealkylation sites (tertiary alicyclic amines) is 1. The van der Waals surface area contributed by atoms with Crippen LogP contribution in [0.5, 0.6) is 0 Å². The first kappa shape index (κ1) is 14.9. The van der Waals surface area contributed by atoms with E-state index >= 15 is 0 Å². The van der Waals surface area contributed by atoms with E-state index in [2.05, 4.69) is 20.9 Å². The van der Waals surface area contributed by atoms with E-state index in [-0.39, 0.29) is 0 Å². The van der Waals surface area contributed by atoms with Crippen molar-refractivity contribution in [3.63, 3.8) is 0 Å². The molecule has 0 radical (unpaired) electrons. The Morgan fingerprint density at radius 3 is 2.78 bits per heavy atom. The van der Waals surface area contributed by atoms with Crippen LogP contribution in [0.25, 0.3) is 0 Å². The van der Waals surface area contributed by atoms with Crippen LogP contribution in [-0.2, 0) is 9.53 Å². The lowest BCUT2D eigenvalue weighted by atomic mass is 9.92. The second-order valence-corrected chi connectivity index (χ2v) is 6.95. The summed E-state index contributed by atoms with van der Waals surface area (Å²) in [7, 11) is 0. The quantitative estimate of drug-likeness (QED) is 0.857. The van der Waals surface area contributed by atoms with Gasteiger partial charge in [-0.05, 0) is 43.7 Å². The van der Waals surface area contributed by atoms with Crippen molar-refractivity contribution in [1.29, 1.82) is 0 Å². The van der Waals surface area contributed by atoms with Gasteiger partial charge in [-0.2, -0.15) is 0 Å². The first-order valence-corrected chi connectivity index (χ1v) is 8.88. The Morgan fingerprint density at radius 2 is 2.00 bits per heavy atom. The summed E-state index contributed by atoms with van der Waals surface area (Å²) in [5, 5.41) is 0. The van der Waals surface area contributed by atoms with E-state index in [0.29, 0.717) is 30.3 Å². The smallest absolute Gasteiger partial charge is 0.222 e. The Morgan fingerprint density at radius 1 is 1.13 bits per heavy atom. The van der Waals surface area contributed by atoms with E-state index in [1.54, 1.807) is 0 Å². The number of piperidine rings is 1. The van der Waals surface area contributed by atoms with Gasteiger partial charge in [-0.15, -0.1) is 0 Å². The number of amides is 1. The minimum absolute atomic E-state index is 0.348. The summed E-state index contributed by atoms with van der Waals surface area (Å²) < 4.78 is 5.46. The summed E-state index contributed by atoms with van der Waals surface area (Å²) in [5.41, 5.74) is 0. The van der Waals surface area contributed by atoms with E-state index < -0.39 is 0 Å². The zero-order valence-electron chi connectivity index (χ0n) is 13.6. The molecule has 0 aliphatic carbocycles. The number of hydrogen-bond acceptors (Lipinski definition) is 4. The predicted octanol–water partition coefficient (Wildman–Crippen LogP) is 2.08. The molecule has 0 saturated carbocycles. The minimum Gasteiger partial charge on any atom is -0.381 e. The molecule has 4 heterocycles. The number of carbonyl (C=O) groups is 1. The van der Waals surface area contributed by atoms with Crippen LogP contribution in [0.15, 0.2) is 24.4 Å². The Labute approximate surface area is 137 Å². The molecule has 1 aromatic rings. The van der Waals surface area contributed by atoms with Crippen LogP contribution in [0.3, 0.4) is 0 Å². The summed E-state index contributed by atoms with van der Waals surface area (Å²) in [6.07, 6.45) is 6.74. The second-order valence-electron chi connectivity index (χ2n) is 6.95. The molecule has 0 unspecified atom stereocenters. The molecule has 0 N–H and O–H groups in total. The Balaban J connectivity index is 1.49. The maximum Gasteiger partial charge on any atom is 0.222 e. The molecule has 1 aromatic heterocycles. The van der Waals surface area contributed by atoms with Gasteiger partial charge in [-0.3, -0.25) is 4.79 Å². The van der Waals surface area contributed by atoms with Gasteiger partial charge in [0.1, 0.15) is 5.82 Å². The number of ether oxygens (including phenoxy) is 1. The Kier molecular flexibility index (Phi) is 4.21. The second kappa shape index (κ2) is 6.48. The fraction of sp³-hybridized carbons (Fsp3) is 0.667. The summed E-state index contributed by atoms with van der Waals surface area (Å²) in [6.45, 7) is 3.62. The van der Waals surface area contributed by atoms with E-state index in [9.17, 15) is 4.79 Å². The molecule has 3 fully saturated rings. The molecule has 0 spiro atoms. The highest BCUT2D eigenvalue weighted by Gasteiger charge is 2.44. The number of fused-ring (bicyclic) bond motifs is 1. The van der Waals surface area contributed by atoms with Gasteiger partial charge in [-0.1, -0.05) is 6.07 Å². The molecule has 1 amide bonds. The predicted molar refractivity (Wildman–Crippen MR) is 88.3 cm³/mol. The van der Waals surface area contributed by atoms with Crippen molar-refractivity contribution in [2.24, 2.45) is 5.92 Å². The number of rotatable bonds is 3. The Hall–Kier alpha value is -1.62. The van der Waals surface area contributed by atoms with Gasteiger partial charge in [0, 0.05) is 38.9 Å². The number of nitrogens with zero attached hydrogens (tertiary/aromatic N) is 3. The highest BCUT2D eigenvalue weighted by molar-refractivity contribution is 5.78. The van der Waals surface area contributed by atoms with Crippen LogP contribution in [0, 0.1) is 5.92 Å². The van der Waals surface area contributed by atoms with Crippen LogP contribution < -0.4 is 4.90 Å². The van der Waals surface area contributed by atoms with Gasteiger partial charge in [0.2, 0.25) is 5.91 Å². The van der Waals surface area contributed by atoms with Gasteiger partial charge in [0.25, 0.3) is 0 Å². The molecule has 124 valence electrons. The maximum absolute atomic E-state index is 12.5. The average molecular weight is 315 g/mol. The highest BCUT2D eigenvalue weighted by Crippen LogP contribution is 2.35. The topological polar surface area (TPSA) is 45.7 Å². The van der Waals surface area contributed by atoms with Crippen molar-refractivity contribution in [3.8, 4) is 0 Å². The molecule has 5 heteroatoms. The van der Waals surface area contributed by atoms with E-state index in [4.69, 9.17) is 4.74 Å². The van der Waals surface area contributed by atoms with Crippen molar-refractivity contribution in [2.45, 2.75) is 44.2 Å². The van der Waals surface area contributed by atoms with Crippen molar-refractivity contribution in [1.82, 2.24) is 9.88 Å². The van der Waals surface area contributed by atoms with Crippen LogP contribution in [0.4, 0.5) is 5.82 Å². The van der Waals surface area contributed by atoms with Gasteiger partial charge in [-0.25, -0.2) is 4.98 Å². The molecular formula is C18H25N3O2. The van der Waals surface area contributed by atoms with Crippen LogP contribution in [-0.4, -0.2) is 54.2 Å². The lowest BCUT2D eigenvalue weighted by Gasteiger charge is -2.42. The van der Waals surface area contributed by atoms with E-state index in [1.807, 2.05) is 18.3 Å². The number of pyridine rings is 1. The normalized spacial score (nSPS) is 29.0. The molecule has 3 aliphatic heterocycles. The fourth-order valence-electron chi connectivity index (χ4n) is 4.40. The third kappa shape index (κ3) is 2.94. The number of aromatic nitrogens is 1. The Bertz CT molecular complexity index is 544. The molecule has 0 bridgehead atoms. The maximum atomic E-state index is 12.5. The standard InChI is InChI=1S/C18H25N3O2/c22-18-5-4-15-16(21(18)13-14-7-11-23-12-8-14)6-10-20(15)17-3-1-2-9-19-17/h1-3,9,14-16H,4-8,10-13H2/t15-,16-/m1/s1. The van der Waals surface area contributed by atoms with Gasteiger partial charge >= 0.3 is 0 Å². The van der Waals surface area contributed by atoms with Gasteiger partial charge in [0.05, 0.1) is 12.1 Å². The number of hydrogen-bond donors (Lipinski definition) is 0. The first-order chi connectivity index (χ1) is 11.3. The zero-order chi connectivity index (χ0) is 15.6. The van der Waals surface area contributed by atoms with E-state index in [0.717, 1.165) is 57.8 Å². The lowest BCUT2D eigenvalue weighted by molar-refractivity contribution is -0.137. The third-order valence-corrected chi connectivity index (χ3v) is 5.62. The number of anilines is 1.